The van der Waals surface area contributed by atoms with Gasteiger partial charge in [-0.2, -0.15) is 0 Å². The largest absolute Gasteiger partial charge is 0.374 e. The normalized spacial score (nSPS) is 23.0. The maximum atomic E-state index is 16.5. The lowest BCUT2D eigenvalue weighted by Gasteiger charge is -2.50. The molecular weight excluding hydrogens is 659 g/mol. The summed E-state index contributed by atoms with van der Waals surface area (Å²) in [5, 5.41) is 12.9. The summed E-state index contributed by atoms with van der Waals surface area (Å²) in [6, 6.07) is 41.3. The number of hydrogen-bond donors (Lipinski definition) is 1. The van der Waals surface area contributed by atoms with E-state index in [4.69, 9.17) is 23.7 Å². The van der Waals surface area contributed by atoms with Crippen molar-refractivity contribution in [1.82, 2.24) is 0 Å². The Morgan fingerprint density at radius 1 is 0.673 bits per heavy atom. The second-order valence-electron chi connectivity index (χ2n) is 13.4. The van der Waals surface area contributed by atoms with Crippen LogP contribution in [-0.4, -0.2) is 42.4 Å². The topological polar surface area (TPSA) is 83.5 Å². The molecule has 1 N–H and O–H groups in total. The highest BCUT2D eigenvalue weighted by molar-refractivity contribution is 5.78. The Balaban J connectivity index is 1.30. The lowest BCUT2D eigenvalue weighted by atomic mass is 9.85. The molecule has 8 heteroatoms. The van der Waals surface area contributed by atoms with Gasteiger partial charge in [0.2, 0.25) is 5.79 Å². The first-order valence-corrected chi connectivity index (χ1v) is 17.8. The van der Waals surface area contributed by atoms with Gasteiger partial charge in [-0.15, -0.1) is 0 Å². The molecular formula is C44H43FO7. The molecule has 2 fully saturated rings. The molecule has 7 nitrogen and oxygen atoms in total. The predicted octanol–water partition coefficient (Wildman–Crippen LogP) is 8.03. The molecule has 52 heavy (non-hydrogen) atoms. The van der Waals surface area contributed by atoms with Gasteiger partial charge in [-0.05, 0) is 58.7 Å². The molecule has 5 aromatic carbocycles. The molecule has 0 amide bonds. The van der Waals surface area contributed by atoms with Crippen LogP contribution in [0.5, 0.6) is 0 Å². The highest BCUT2D eigenvalue weighted by Crippen LogP contribution is 2.46. The molecule has 5 aromatic rings. The number of benzene rings is 5. The lowest BCUT2D eigenvalue weighted by Crippen LogP contribution is -2.66. The van der Waals surface area contributed by atoms with Gasteiger partial charge in [0.1, 0.15) is 36.5 Å². The van der Waals surface area contributed by atoms with Gasteiger partial charge in [0, 0.05) is 5.56 Å². The van der Waals surface area contributed by atoms with Crippen molar-refractivity contribution >= 4 is 6.29 Å². The van der Waals surface area contributed by atoms with Gasteiger partial charge >= 0.3 is 0 Å². The molecule has 1 saturated carbocycles. The average molecular weight is 703 g/mol. The third-order valence-electron chi connectivity index (χ3n) is 9.64. The first kappa shape index (κ1) is 35.8. The van der Waals surface area contributed by atoms with E-state index < -0.39 is 36.0 Å². The standard InChI is InChI=1S/C44H43FO7/c45-39-24-37(35-21-22-35)36(25-46)23-38(39)44(47)43(51-29-34-19-11-4-12-20-34)42(50-28-33-17-9-3-10-18-33)41(49-27-32-15-7-2-8-16-32)40(52-44)30-48-26-31-13-5-1-6-14-31/h1-20,23-25,35,40-43,47H,21-22,26-30H2/t40-,41-,42+,43-,44?/m1/s1. The zero-order valence-corrected chi connectivity index (χ0v) is 28.9. The van der Waals surface area contributed by atoms with Crippen molar-refractivity contribution in [2.45, 2.75) is 75.4 Å². The van der Waals surface area contributed by atoms with E-state index in [1.807, 2.05) is 121 Å². The summed E-state index contributed by atoms with van der Waals surface area (Å²) in [5.41, 5.74) is 4.32. The second kappa shape index (κ2) is 16.9. The number of aldehydes is 1. The van der Waals surface area contributed by atoms with Gasteiger partial charge in [0.05, 0.1) is 38.6 Å². The first-order chi connectivity index (χ1) is 25.5. The van der Waals surface area contributed by atoms with Crippen LogP contribution in [0.25, 0.3) is 0 Å². The Morgan fingerprint density at radius 3 is 1.65 bits per heavy atom. The zero-order chi connectivity index (χ0) is 35.8. The van der Waals surface area contributed by atoms with Crippen LogP contribution in [0.3, 0.4) is 0 Å². The van der Waals surface area contributed by atoms with Gasteiger partial charge in [0.15, 0.2) is 0 Å². The maximum Gasteiger partial charge on any atom is 0.225 e. The number of carbonyl (C=O) groups is 1. The maximum absolute atomic E-state index is 16.5. The highest BCUT2D eigenvalue weighted by atomic mass is 19.1. The van der Waals surface area contributed by atoms with Gasteiger partial charge in [-0.1, -0.05) is 121 Å². The fourth-order valence-corrected chi connectivity index (χ4v) is 6.80. The summed E-state index contributed by atoms with van der Waals surface area (Å²) in [5.74, 6) is -3.00. The van der Waals surface area contributed by atoms with Crippen molar-refractivity contribution in [2.24, 2.45) is 0 Å². The molecule has 0 aromatic heterocycles. The SMILES string of the molecule is O=Cc1cc(C2(O)O[C@H](COCc3ccccc3)[C@@H](OCc3ccccc3)[C@H](OCc3ccccc3)[C@H]2OCc2ccccc2)c(F)cc1C1CC1. The summed E-state index contributed by atoms with van der Waals surface area (Å²) < 4.78 is 49.3. The van der Waals surface area contributed by atoms with Crippen molar-refractivity contribution in [2.75, 3.05) is 6.61 Å². The summed E-state index contributed by atoms with van der Waals surface area (Å²) in [7, 11) is 0. The number of carbonyl (C=O) groups excluding carboxylic acids is 1. The van der Waals surface area contributed by atoms with Crippen LogP contribution in [0.1, 0.15) is 62.5 Å². The van der Waals surface area contributed by atoms with Crippen LogP contribution in [0.2, 0.25) is 0 Å². The Bertz CT molecular complexity index is 1870. The zero-order valence-electron chi connectivity index (χ0n) is 28.9. The van der Waals surface area contributed by atoms with E-state index in [1.54, 1.807) is 0 Å². The van der Waals surface area contributed by atoms with E-state index in [0.29, 0.717) is 17.4 Å². The summed E-state index contributed by atoms with van der Waals surface area (Å²) in [6.45, 7) is 0.672. The highest BCUT2D eigenvalue weighted by Gasteiger charge is 2.58. The molecule has 1 heterocycles. The number of rotatable bonds is 16. The molecule has 1 aliphatic carbocycles. The van der Waals surface area contributed by atoms with Crippen LogP contribution in [-0.2, 0) is 55.9 Å². The van der Waals surface area contributed by atoms with E-state index in [9.17, 15) is 9.90 Å². The van der Waals surface area contributed by atoms with E-state index in [1.165, 1.54) is 12.1 Å². The van der Waals surface area contributed by atoms with E-state index in [0.717, 1.165) is 35.1 Å². The minimum absolute atomic E-state index is 0.0183. The molecule has 2 aliphatic rings. The average Bonchev–Trinajstić information content (AvgIpc) is 4.04. The van der Waals surface area contributed by atoms with Gasteiger partial charge < -0.3 is 28.8 Å². The molecule has 268 valence electrons. The van der Waals surface area contributed by atoms with Crippen molar-refractivity contribution in [1.29, 1.82) is 0 Å². The van der Waals surface area contributed by atoms with Crippen LogP contribution in [0.15, 0.2) is 133 Å². The molecule has 7 rings (SSSR count). The van der Waals surface area contributed by atoms with Crippen LogP contribution >= 0.6 is 0 Å². The Hall–Kier alpha value is -4.54. The van der Waals surface area contributed by atoms with Crippen molar-refractivity contribution in [3.63, 3.8) is 0 Å². The van der Waals surface area contributed by atoms with Gasteiger partial charge in [-0.25, -0.2) is 4.39 Å². The monoisotopic (exact) mass is 702 g/mol. The summed E-state index contributed by atoms with van der Waals surface area (Å²) in [6.07, 6.45) is -1.61. The van der Waals surface area contributed by atoms with E-state index in [-0.39, 0.29) is 44.5 Å². The Kier molecular flexibility index (Phi) is 11.6. The van der Waals surface area contributed by atoms with Crippen molar-refractivity contribution in [3.05, 3.63) is 178 Å². The summed E-state index contributed by atoms with van der Waals surface area (Å²) in [4.78, 5) is 12.4. The quantitative estimate of drug-likeness (QED) is 0.104. The third kappa shape index (κ3) is 8.56. The molecule has 0 bridgehead atoms. The smallest absolute Gasteiger partial charge is 0.225 e. The van der Waals surface area contributed by atoms with Crippen LogP contribution < -0.4 is 0 Å². The number of aliphatic hydroxyl groups is 1. The van der Waals surface area contributed by atoms with Crippen molar-refractivity contribution < 1.29 is 38.0 Å². The van der Waals surface area contributed by atoms with Crippen molar-refractivity contribution in [3.8, 4) is 0 Å². The molecule has 0 spiro atoms. The molecule has 1 aliphatic heterocycles. The number of halogens is 1. The number of ether oxygens (including phenoxy) is 5. The van der Waals surface area contributed by atoms with Gasteiger partial charge in [0.25, 0.3) is 0 Å². The molecule has 0 radical (unpaired) electrons. The fraction of sp³-hybridized carbons (Fsp3) is 0.295. The Labute approximate surface area is 303 Å². The fourth-order valence-electron chi connectivity index (χ4n) is 6.80. The minimum atomic E-state index is -2.41. The Morgan fingerprint density at radius 2 is 1.15 bits per heavy atom. The second-order valence-corrected chi connectivity index (χ2v) is 13.4. The van der Waals surface area contributed by atoms with E-state index in [2.05, 4.69) is 0 Å². The lowest BCUT2D eigenvalue weighted by molar-refractivity contribution is -0.379. The molecule has 1 saturated heterocycles. The van der Waals surface area contributed by atoms with E-state index >= 15 is 4.39 Å². The first-order valence-electron chi connectivity index (χ1n) is 17.8. The van der Waals surface area contributed by atoms with Crippen LogP contribution in [0, 0.1) is 5.82 Å². The molecule has 5 atom stereocenters. The predicted molar refractivity (Wildman–Crippen MR) is 194 cm³/mol. The van der Waals surface area contributed by atoms with Crippen LogP contribution in [0.4, 0.5) is 4.39 Å². The minimum Gasteiger partial charge on any atom is -0.374 e. The third-order valence-corrected chi connectivity index (χ3v) is 9.64. The number of hydrogen-bond acceptors (Lipinski definition) is 7. The summed E-state index contributed by atoms with van der Waals surface area (Å²) >= 11 is 0. The van der Waals surface area contributed by atoms with Gasteiger partial charge in [-0.3, -0.25) is 4.79 Å². The molecule has 1 unspecified atom stereocenters.